The summed E-state index contributed by atoms with van der Waals surface area (Å²) in [6.45, 7) is 10.7. The predicted octanol–water partition coefficient (Wildman–Crippen LogP) is 2.87. The predicted molar refractivity (Wildman–Crippen MR) is 68.6 cm³/mol. The van der Waals surface area contributed by atoms with Crippen LogP contribution in [0, 0.1) is 10.8 Å². The summed E-state index contributed by atoms with van der Waals surface area (Å²) in [6.07, 6.45) is 0. The van der Waals surface area contributed by atoms with Crippen LogP contribution in [0.1, 0.15) is 41.5 Å². The van der Waals surface area contributed by atoms with Crippen LogP contribution in [0.25, 0.3) is 0 Å². The standard InChI is InChI=1S/2C5H10O2.2CH3.Sn/c2*1-5(2,3)4(6)7;;;/h2*1-3H3,(H,6,7);2*1H3;/q;;;;+2/p-2. The molecule has 0 amide bonds. The average Bonchev–Trinajstić information content (AvgIpc) is 1.97. The molecule has 100 valence electrons. The Morgan fingerprint density at radius 1 is 0.765 bits per heavy atom. The van der Waals surface area contributed by atoms with Crippen LogP contribution in [0.3, 0.4) is 0 Å². The van der Waals surface area contributed by atoms with Gasteiger partial charge in [-0.15, -0.1) is 0 Å². The van der Waals surface area contributed by atoms with Crippen molar-refractivity contribution < 1.29 is 15.7 Å². The van der Waals surface area contributed by atoms with Gasteiger partial charge in [0.1, 0.15) is 0 Å². The van der Waals surface area contributed by atoms with Crippen molar-refractivity contribution >= 4 is 31.1 Å². The fourth-order valence-electron chi connectivity index (χ4n) is 0.773. The molecule has 4 nitrogen and oxygen atoms in total. The van der Waals surface area contributed by atoms with Crippen molar-refractivity contribution in [1.29, 1.82) is 0 Å². The quantitative estimate of drug-likeness (QED) is 0.718. The van der Waals surface area contributed by atoms with Crippen molar-refractivity contribution in [2.24, 2.45) is 10.8 Å². The molecule has 0 aliphatic rings. The Kier molecular flexibility index (Phi) is 5.08. The van der Waals surface area contributed by atoms with E-state index in [0.717, 1.165) is 0 Å². The zero-order valence-electron chi connectivity index (χ0n) is 12.1. The second-order valence-corrected chi connectivity index (χ2v) is 15.8. The van der Waals surface area contributed by atoms with E-state index in [9.17, 15) is 9.59 Å². The second kappa shape index (κ2) is 5.16. The van der Waals surface area contributed by atoms with E-state index in [2.05, 4.69) is 0 Å². The number of hydrogen-bond donors (Lipinski definition) is 0. The molecule has 0 aromatic heterocycles. The number of carbonyl (C=O) groups is 2. The molecule has 0 saturated carbocycles. The Morgan fingerprint density at radius 3 is 1.18 bits per heavy atom. The van der Waals surface area contributed by atoms with Crippen LogP contribution in [-0.2, 0) is 15.7 Å². The van der Waals surface area contributed by atoms with Gasteiger partial charge in [-0.2, -0.15) is 0 Å². The van der Waals surface area contributed by atoms with E-state index in [1.54, 1.807) is 51.4 Å². The molecule has 0 aliphatic carbocycles. The minimum absolute atomic E-state index is 0.306. The summed E-state index contributed by atoms with van der Waals surface area (Å²) >= 11 is -3.52. The minimum atomic E-state index is -3.52. The molecule has 0 aliphatic heterocycles. The third-order valence-corrected chi connectivity index (χ3v) is 5.77. The van der Waals surface area contributed by atoms with Crippen molar-refractivity contribution in [1.82, 2.24) is 0 Å². The molecule has 0 rings (SSSR count). The molecular formula is C12H24O4Sn. The van der Waals surface area contributed by atoms with Gasteiger partial charge >= 0.3 is 109 Å². The number of hydrogen-bond acceptors (Lipinski definition) is 4. The van der Waals surface area contributed by atoms with Crippen LogP contribution in [0.15, 0.2) is 0 Å². The van der Waals surface area contributed by atoms with E-state index in [1.807, 2.05) is 0 Å². The normalized spacial score (nSPS) is 13.2. The van der Waals surface area contributed by atoms with Crippen molar-refractivity contribution in [3.8, 4) is 0 Å². The van der Waals surface area contributed by atoms with E-state index in [1.165, 1.54) is 0 Å². The first-order valence-electron chi connectivity index (χ1n) is 5.72. The summed E-state index contributed by atoms with van der Waals surface area (Å²) in [6, 6.07) is 0. The van der Waals surface area contributed by atoms with Gasteiger partial charge in [0, 0.05) is 0 Å². The van der Waals surface area contributed by atoms with Gasteiger partial charge in [-0.1, -0.05) is 0 Å². The molecule has 0 N–H and O–H groups in total. The first kappa shape index (κ1) is 16.7. The van der Waals surface area contributed by atoms with Gasteiger partial charge in [-0.05, 0) is 0 Å². The zero-order chi connectivity index (χ0) is 14.1. The Bertz CT molecular complexity index is 277. The van der Waals surface area contributed by atoms with E-state index in [0.29, 0.717) is 0 Å². The van der Waals surface area contributed by atoms with Gasteiger partial charge in [0.2, 0.25) is 0 Å². The fraction of sp³-hybridized carbons (Fsp3) is 0.833. The molecule has 5 heteroatoms. The van der Waals surface area contributed by atoms with Crippen LogP contribution in [0.4, 0.5) is 0 Å². The summed E-state index contributed by atoms with van der Waals surface area (Å²) in [5, 5.41) is 0. The monoisotopic (exact) mass is 352 g/mol. The van der Waals surface area contributed by atoms with Gasteiger partial charge < -0.3 is 0 Å². The van der Waals surface area contributed by atoms with Crippen molar-refractivity contribution in [3.05, 3.63) is 0 Å². The van der Waals surface area contributed by atoms with Crippen LogP contribution in [0.2, 0.25) is 9.88 Å². The van der Waals surface area contributed by atoms with Crippen molar-refractivity contribution in [2.45, 2.75) is 51.4 Å². The Morgan fingerprint density at radius 2 is 1.00 bits per heavy atom. The van der Waals surface area contributed by atoms with Gasteiger partial charge in [0.15, 0.2) is 0 Å². The Hall–Kier alpha value is -0.261. The third-order valence-electron chi connectivity index (χ3n) is 1.90. The molecule has 0 saturated heterocycles. The first-order chi connectivity index (χ1) is 7.26. The average molecular weight is 351 g/mol. The molecule has 17 heavy (non-hydrogen) atoms. The topological polar surface area (TPSA) is 52.6 Å². The summed E-state index contributed by atoms with van der Waals surface area (Å²) in [4.78, 5) is 27.0. The Labute approximate surface area is 109 Å². The van der Waals surface area contributed by atoms with Crippen LogP contribution in [0.5, 0.6) is 0 Å². The van der Waals surface area contributed by atoms with Crippen molar-refractivity contribution in [2.75, 3.05) is 0 Å². The second-order valence-electron chi connectivity index (χ2n) is 6.68. The van der Waals surface area contributed by atoms with Crippen molar-refractivity contribution in [3.63, 3.8) is 0 Å². The van der Waals surface area contributed by atoms with E-state index < -0.39 is 30.0 Å². The van der Waals surface area contributed by atoms with Crippen LogP contribution in [-0.4, -0.2) is 31.1 Å². The fourth-order valence-corrected chi connectivity index (χ4v) is 5.19. The number of carbonyl (C=O) groups excluding carboxylic acids is 2. The molecule has 0 spiro atoms. The molecule has 0 bridgehead atoms. The molecule has 0 unspecified atom stereocenters. The Balaban J connectivity index is 4.62. The molecule has 0 aromatic carbocycles. The van der Waals surface area contributed by atoms with Gasteiger partial charge in [-0.3, -0.25) is 0 Å². The summed E-state index contributed by atoms with van der Waals surface area (Å²) in [5.74, 6) is -0.611. The zero-order valence-corrected chi connectivity index (χ0v) is 15.0. The maximum atomic E-state index is 11.8. The molecule has 0 aromatic rings. The van der Waals surface area contributed by atoms with E-state index in [-0.39, 0.29) is 11.9 Å². The third kappa shape index (κ3) is 6.29. The van der Waals surface area contributed by atoms with E-state index >= 15 is 0 Å². The molecule has 0 radical (unpaired) electrons. The summed E-state index contributed by atoms with van der Waals surface area (Å²) in [7, 11) is 0. The molecule has 0 fully saturated rings. The molecular weight excluding hydrogens is 327 g/mol. The molecule has 0 atom stereocenters. The molecule has 0 heterocycles. The first-order valence-corrected chi connectivity index (χ1v) is 13.8. The van der Waals surface area contributed by atoms with E-state index in [4.69, 9.17) is 6.15 Å². The van der Waals surface area contributed by atoms with Gasteiger partial charge in [-0.25, -0.2) is 0 Å². The van der Waals surface area contributed by atoms with Gasteiger partial charge in [0.25, 0.3) is 0 Å². The van der Waals surface area contributed by atoms with Crippen LogP contribution < -0.4 is 0 Å². The number of rotatable bonds is 2. The van der Waals surface area contributed by atoms with Crippen LogP contribution >= 0.6 is 0 Å². The summed E-state index contributed by atoms with van der Waals surface area (Å²) in [5.41, 5.74) is -1.13. The summed E-state index contributed by atoms with van der Waals surface area (Å²) < 4.78 is 10.8. The SMILES string of the molecule is CC(C)(C)C(=O)[O][Sn]([CH3])([CH3])[O]C(=O)C(C)(C)C. The van der Waals surface area contributed by atoms with Gasteiger partial charge in [0.05, 0.1) is 0 Å². The maximum absolute atomic E-state index is 11.8.